The van der Waals surface area contributed by atoms with Gasteiger partial charge >= 0.3 is 12.0 Å². The minimum absolute atomic E-state index is 0.419. The zero-order chi connectivity index (χ0) is 20.4. The molecule has 0 saturated heterocycles. The Labute approximate surface area is 159 Å². The second-order valence-corrected chi connectivity index (χ2v) is 6.66. The maximum Gasteiger partial charge on any atom is 0.328 e. The number of amides is 4. The predicted octanol–water partition coefficient (Wildman–Crippen LogP) is 1.53. The molecule has 0 aliphatic rings. The summed E-state index contributed by atoms with van der Waals surface area (Å²) in [6, 6.07) is 5.34. The third-order valence-electron chi connectivity index (χ3n) is 3.59. The zero-order valence-electron chi connectivity index (χ0n) is 16.1. The zero-order valence-corrected chi connectivity index (χ0v) is 16.1. The van der Waals surface area contributed by atoms with Crippen molar-refractivity contribution in [1.29, 1.82) is 0 Å². The number of ether oxygens (including phenoxy) is 1. The number of aryl methyl sites for hydroxylation is 1. The number of urea groups is 1. The van der Waals surface area contributed by atoms with Gasteiger partial charge in [0.1, 0.15) is 6.04 Å². The second kappa shape index (κ2) is 10.9. The summed E-state index contributed by atoms with van der Waals surface area (Å²) in [7, 11) is 0. The third-order valence-corrected chi connectivity index (χ3v) is 3.59. The summed E-state index contributed by atoms with van der Waals surface area (Å²) in [5.74, 6) is -1.51. The number of rotatable bonds is 8. The smallest absolute Gasteiger partial charge is 0.328 e. The molecule has 0 saturated carbocycles. The van der Waals surface area contributed by atoms with Gasteiger partial charge in [0.25, 0.3) is 11.8 Å². The molecule has 0 radical (unpaired) electrons. The van der Waals surface area contributed by atoms with E-state index in [2.05, 4.69) is 16.0 Å². The number of imide groups is 1. The highest BCUT2D eigenvalue weighted by Gasteiger charge is 2.19. The van der Waals surface area contributed by atoms with E-state index in [1.165, 1.54) is 6.92 Å². The minimum atomic E-state index is -0.939. The maximum absolute atomic E-state index is 12.1. The second-order valence-electron chi connectivity index (χ2n) is 6.66. The number of nitrogens with one attached hydrogen (secondary N) is 3. The van der Waals surface area contributed by atoms with Gasteiger partial charge in [-0.3, -0.25) is 14.9 Å². The van der Waals surface area contributed by atoms with Crippen molar-refractivity contribution >= 4 is 23.8 Å². The van der Waals surface area contributed by atoms with E-state index in [1.54, 1.807) is 18.2 Å². The van der Waals surface area contributed by atoms with Crippen LogP contribution in [0.4, 0.5) is 4.79 Å². The molecule has 0 aliphatic carbocycles. The molecule has 1 atom stereocenters. The van der Waals surface area contributed by atoms with E-state index < -0.39 is 36.5 Å². The standard InChI is InChI=1S/C19H27N3O5/c1-12(2)8-9-20-19(26)22-16(23)11-27-18(25)14(4)21-17(24)15-7-5-6-13(3)10-15/h5-7,10,12,14H,8-9,11H2,1-4H3,(H,21,24)(H2,20,22,23,26)/t14-/m0/s1. The Morgan fingerprint density at radius 3 is 2.44 bits per heavy atom. The van der Waals surface area contributed by atoms with Gasteiger partial charge in [-0.25, -0.2) is 9.59 Å². The topological polar surface area (TPSA) is 114 Å². The van der Waals surface area contributed by atoms with E-state index in [0.717, 1.165) is 12.0 Å². The van der Waals surface area contributed by atoms with Crippen molar-refractivity contribution in [1.82, 2.24) is 16.0 Å². The van der Waals surface area contributed by atoms with E-state index in [1.807, 2.05) is 26.8 Å². The molecular formula is C19H27N3O5. The first kappa shape index (κ1) is 22.1. The molecule has 148 valence electrons. The predicted molar refractivity (Wildman–Crippen MR) is 100 cm³/mol. The number of esters is 1. The van der Waals surface area contributed by atoms with Crippen LogP contribution in [-0.4, -0.2) is 43.0 Å². The summed E-state index contributed by atoms with van der Waals surface area (Å²) in [6.07, 6.45) is 0.786. The van der Waals surface area contributed by atoms with Gasteiger partial charge in [0, 0.05) is 12.1 Å². The Bertz CT molecular complexity index is 688. The van der Waals surface area contributed by atoms with Crippen LogP contribution in [0.5, 0.6) is 0 Å². The van der Waals surface area contributed by atoms with E-state index in [0.29, 0.717) is 18.0 Å². The first-order chi connectivity index (χ1) is 12.7. The van der Waals surface area contributed by atoms with Crippen LogP contribution in [0, 0.1) is 12.8 Å². The lowest BCUT2D eigenvalue weighted by Gasteiger charge is -2.13. The lowest BCUT2D eigenvalue weighted by atomic mass is 10.1. The molecule has 8 nitrogen and oxygen atoms in total. The molecule has 27 heavy (non-hydrogen) atoms. The number of hydrogen-bond donors (Lipinski definition) is 3. The fourth-order valence-electron chi connectivity index (χ4n) is 2.07. The van der Waals surface area contributed by atoms with Gasteiger partial charge in [-0.15, -0.1) is 0 Å². The fourth-order valence-corrected chi connectivity index (χ4v) is 2.07. The SMILES string of the molecule is Cc1cccc(C(=O)N[C@@H](C)C(=O)OCC(=O)NC(=O)NCCC(C)C)c1. The summed E-state index contributed by atoms with van der Waals surface area (Å²) in [5.41, 5.74) is 1.34. The van der Waals surface area contributed by atoms with E-state index in [-0.39, 0.29) is 0 Å². The lowest BCUT2D eigenvalue weighted by Crippen LogP contribution is -2.44. The van der Waals surface area contributed by atoms with Gasteiger partial charge in [-0.1, -0.05) is 31.5 Å². The van der Waals surface area contributed by atoms with Gasteiger partial charge in [0.2, 0.25) is 0 Å². The molecule has 0 heterocycles. The van der Waals surface area contributed by atoms with Crippen LogP contribution in [0.3, 0.4) is 0 Å². The van der Waals surface area contributed by atoms with E-state index >= 15 is 0 Å². The van der Waals surface area contributed by atoms with Crippen molar-refractivity contribution in [2.24, 2.45) is 5.92 Å². The van der Waals surface area contributed by atoms with E-state index in [9.17, 15) is 19.2 Å². The van der Waals surface area contributed by atoms with Crippen LogP contribution in [0.25, 0.3) is 0 Å². The molecule has 0 fully saturated rings. The number of carbonyl (C=O) groups is 4. The molecule has 1 aromatic carbocycles. The van der Waals surface area contributed by atoms with Crippen molar-refractivity contribution in [2.75, 3.05) is 13.2 Å². The van der Waals surface area contributed by atoms with Crippen molar-refractivity contribution in [3.63, 3.8) is 0 Å². The van der Waals surface area contributed by atoms with Gasteiger partial charge < -0.3 is 15.4 Å². The van der Waals surface area contributed by atoms with Crippen molar-refractivity contribution in [3.8, 4) is 0 Å². The summed E-state index contributed by atoms with van der Waals surface area (Å²) in [4.78, 5) is 47.1. The van der Waals surface area contributed by atoms with Crippen LogP contribution in [0.15, 0.2) is 24.3 Å². The van der Waals surface area contributed by atoms with Gasteiger partial charge in [0.15, 0.2) is 6.61 Å². The first-order valence-electron chi connectivity index (χ1n) is 8.81. The summed E-state index contributed by atoms with van der Waals surface area (Å²) in [6.45, 7) is 7.17. The van der Waals surface area contributed by atoms with E-state index in [4.69, 9.17) is 4.74 Å². The molecular weight excluding hydrogens is 350 g/mol. The molecule has 0 spiro atoms. The van der Waals surface area contributed by atoms with Gasteiger partial charge in [-0.2, -0.15) is 0 Å². The molecule has 8 heteroatoms. The minimum Gasteiger partial charge on any atom is -0.454 e. The Hall–Kier alpha value is -2.90. The van der Waals surface area contributed by atoms with Crippen molar-refractivity contribution in [3.05, 3.63) is 35.4 Å². The lowest BCUT2D eigenvalue weighted by molar-refractivity contribution is -0.149. The molecule has 0 unspecified atom stereocenters. The Balaban J connectivity index is 2.35. The average molecular weight is 377 g/mol. The van der Waals surface area contributed by atoms with Crippen LogP contribution in [-0.2, 0) is 14.3 Å². The first-order valence-corrected chi connectivity index (χ1v) is 8.81. The number of benzene rings is 1. The van der Waals surface area contributed by atoms with Crippen LogP contribution in [0.2, 0.25) is 0 Å². The Morgan fingerprint density at radius 2 is 1.81 bits per heavy atom. The summed E-state index contributed by atoms with van der Waals surface area (Å²) < 4.78 is 4.82. The third kappa shape index (κ3) is 8.84. The van der Waals surface area contributed by atoms with Gasteiger partial charge in [-0.05, 0) is 38.3 Å². The quantitative estimate of drug-likeness (QED) is 0.595. The molecule has 4 amide bonds. The molecule has 3 N–H and O–H groups in total. The Kier molecular flexibility index (Phi) is 8.98. The number of hydrogen-bond acceptors (Lipinski definition) is 5. The average Bonchev–Trinajstić information content (AvgIpc) is 2.59. The highest BCUT2D eigenvalue weighted by atomic mass is 16.5. The number of carbonyl (C=O) groups excluding carboxylic acids is 4. The Morgan fingerprint density at radius 1 is 1.11 bits per heavy atom. The largest absolute Gasteiger partial charge is 0.454 e. The van der Waals surface area contributed by atoms with Crippen LogP contribution < -0.4 is 16.0 Å². The molecule has 0 aromatic heterocycles. The molecule has 1 aromatic rings. The molecule has 0 bridgehead atoms. The molecule has 1 rings (SSSR count). The maximum atomic E-state index is 12.1. The van der Waals surface area contributed by atoms with Crippen molar-refractivity contribution < 1.29 is 23.9 Å². The molecule has 0 aliphatic heterocycles. The van der Waals surface area contributed by atoms with Crippen LogP contribution in [0.1, 0.15) is 43.1 Å². The van der Waals surface area contributed by atoms with Gasteiger partial charge in [0.05, 0.1) is 0 Å². The highest BCUT2D eigenvalue weighted by molar-refractivity contribution is 5.98. The van der Waals surface area contributed by atoms with Crippen LogP contribution >= 0.6 is 0 Å². The normalized spacial score (nSPS) is 11.4. The highest BCUT2D eigenvalue weighted by Crippen LogP contribution is 2.04. The monoisotopic (exact) mass is 377 g/mol. The van der Waals surface area contributed by atoms with Crippen molar-refractivity contribution in [2.45, 2.75) is 40.2 Å². The summed E-state index contributed by atoms with van der Waals surface area (Å²) in [5, 5.41) is 7.10. The summed E-state index contributed by atoms with van der Waals surface area (Å²) >= 11 is 0. The fraction of sp³-hybridized carbons (Fsp3) is 0.474.